The summed E-state index contributed by atoms with van der Waals surface area (Å²) in [6, 6.07) is 10.1. The number of benzene rings is 1. The molecule has 0 amide bonds. The standard InChI is InChI=1S/C12H14BrNO2S/c13-10-17(15,16)14-8-6-12(7-9-14)11-4-2-1-3-5-11/h1-6H,7-10H2. The number of rotatable bonds is 3. The van der Waals surface area contributed by atoms with E-state index in [0.717, 1.165) is 6.42 Å². The number of sulfonamides is 1. The Balaban J connectivity index is 2.14. The van der Waals surface area contributed by atoms with E-state index in [4.69, 9.17) is 0 Å². The topological polar surface area (TPSA) is 37.4 Å². The highest BCUT2D eigenvalue weighted by atomic mass is 79.9. The van der Waals surface area contributed by atoms with Gasteiger partial charge in [0, 0.05) is 13.1 Å². The van der Waals surface area contributed by atoms with Crippen molar-refractivity contribution in [1.82, 2.24) is 4.31 Å². The van der Waals surface area contributed by atoms with Gasteiger partial charge in [0.15, 0.2) is 0 Å². The highest BCUT2D eigenvalue weighted by Crippen LogP contribution is 2.23. The summed E-state index contributed by atoms with van der Waals surface area (Å²) in [6.07, 6.45) is 2.77. The number of hydrogen-bond donors (Lipinski definition) is 0. The highest BCUT2D eigenvalue weighted by molar-refractivity contribution is 9.10. The van der Waals surface area contributed by atoms with Crippen LogP contribution in [0.15, 0.2) is 36.4 Å². The van der Waals surface area contributed by atoms with E-state index in [1.165, 1.54) is 15.4 Å². The van der Waals surface area contributed by atoms with E-state index in [-0.39, 0.29) is 4.66 Å². The maximum absolute atomic E-state index is 11.6. The van der Waals surface area contributed by atoms with Crippen molar-refractivity contribution < 1.29 is 8.42 Å². The molecule has 0 radical (unpaired) electrons. The van der Waals surface area contributed by atoms with Gasteiger partial charge >= 0.3 is 0 Å². The third-order valence-corrected chi connectivity index (χ3v) is 5.98. The van der Waals surface area contributed by atoms with Crippen molar-refractivity contribution in [3.8, 4) is 0 Å². The molecule has 2 rings (SSSR count). The van der Waals surface area contributed by atoms with Gasteiger partial charge in [0.05, 0.1) is 0 Å². The Labute approximate surface area is 110 Å². The lowest BCUT2D eigenvalue weighted by molar-refractivity contribution is 0.445. The second-order valence-electron chi connectivity index (χ2n) is 3.92. The van der Waals surface area contributed by atoms with E-state index in [1.807, 2.05) is 24.3 Å². The highest BCUT2D eigenvalue weighted by Gasteiger charge is 2.22. The van der Waals surface area contributed by atoms with Gasteiger partial charge in [0.25, 0.3) is 0 Å². The minimum Gasteiger partial charge on any atom is -0.211 e. The minimum absolute atomic E-state index is 0.00545. The third-order valence-electron chi connectivity index (χ3n) is 2.85. The van der Waals surface area contributed by atoms with E-state index in [2.05, 4.69) is 28.1 Å². The van der Waals surface area contributed by atoms with Crippen LogP contribution < -0.4 is 0 Å². The van der Waals surface area contributed by atoms with Gasteiger partial charge in [-0.05, 0) is 17.6 Å². The monoisotopic (exact) mass is 315 g/mol. The Morgan fingerprint density at radius 3 is 2.47 bits per heavy atom. The first-order valence-electron chi connectivity index (χ1n) is 5.42. The van der Waals surface area contributed by atoms with Crippen LogP contribution in [0.25, 0.3) is 5.57 Å². The van der Waals surface area contributed by atoms with Gasteiger partial charge in [-0.3, -0.25) is 0 Å². The average Bonchev–Trinajstić information content (AvgIpc) is 2.40. The maximum Gasteiger partial charge on any atom is 0.224 e. The fourth-order valence-electron chi connectivity index (χ4n) is 1.89. The number of hydrogen-bond acceptors (Lipinski definition) is 2. The molecule has 1 aromatic rings. The SMILES string of the molecule is O=S(=O)(CBr)N1CC=C(c2ccccc2)CC1. The largest absolute Gasteiger partial charge is 0.224 e. The summed E-state index contributed by atoms with van der Waals surface area (Å²) in [7, 11) is -3.12. The van der Waals surface area contributed by atoms with Crippen molar-refractivity contribution >= 4 is 31.5 Å². The fourth-order valence-corrected chi connectivity index (χ4v) is 3.56. The zero-order valence-corrected chi connectivity index (χ0v) is 11.7. The van der Waals surface area contributed by atoms with Crippen LogP contribution in [0.2, 0.25) is 0 Å². The van der Waals surface area contributed by atoms with Gasteiger partial charge in [-0.1, -0.05) is 52.3 Å². The minimum atomic E-state index is -3.12. The van der Waals surface area contributed by atoms with Crippen molar-refractivity contribution in [2.45, 2.75) is 6.42 Å². The van der Waals surface area contributed by atoms with E-state index in [0.29, 0.717) is 13.1 Å². The van der Waals surface area contributed by atoms with Crippen LogP contribution in [-0.4, -0.2) is 30.5 Å². The average molecular weight is 316 g/mol. The summed E-state index contributed by atoms with van der Waals surface area (Å²) < 4.78 is 24.8. The van der Waals surface area contributed by atoms with Gasteiger partial charge in [-0.2, -0.15) is 4.31 Å². The van der Waals surface area contributed by atoms with Crippen LogP contribution in [0.1, 0.15) is 12.0 Å². The first-order valence-corrected chi connectivity index (χ1v) is 8.15. The predicted octanol–water partition coefficient (Wildman–Crippen LogP) is 2.46. The molecule has 0 saturated carbocycles. The lowest BCUT2D eigenvalue weighted by Crippen LogP contribution is -2.35. The Hall–Kier alpha value is -0.650. The van der Waals surface area contributed by atoms with Crippen molar-refractivity contribution in [3.05, 3.63) is 42.0 Å². The molecule has 5 heteroatoms. The summed E-state index contributed by atoms with van der Waals surface area (Å²) in [4.78, 5) is 0. The van der Waals surface area contributed by atoms with E-state index < -0.39 is 10.0 Å². The lowest BCUT2D eigenvalue weighted by atomic mass is 10.0. The molecule has 0 aromatic heterocycles. The molecule has 0 atom stereocenters. The summed E-state index contributed by atoms with van der Waals surface area (Å²) in [6.45, 7) is 1.03. The van der Waals surface area contributed by atoms with Crippen molar-refractivity contribution in [2.24, 2.45) is 0 Å². The van der Waals surface area contributed by atoms with Crippen molar-refractivity contribution in [3.63, 3.8) is 0 Å². The summed E-state index contributed by atoms with van der Waals surface area (Å²) in [5.41, 5.74) is 2.41. The molecule has 3 nitrogen and oxygen atoms in total. The Morgan fingerprint density at radius 1 is 1.24 bits per heavy atom. The van der Waals surface area contributed by atoms with Crippen molar-refractivity contribution in [2.75, 3.05) is 17.8 Å². The van der Waals surface area contributed by atoms with Crippen LogP contribution in [-0.2, 0) is 10.0 Å². The first-order chi connectivity index (χ1) is 8.13. The smallest absolute Gasteiger partial charge is 0.211 e. The second-order valence-corrected chi connectivity index (χ2v) is 7.20. The van der Waals surface area contributed by atoms with Gasteiger partial charge in [-0.15, -0.1) is 0 Å². The molecule has 0 aliphatic carbocycles. The molecule has 1 aliphatic rings. The summed E-state index contributed by atoms with van der Waals surface area (Å²) in [5, 5.41) is 0. The molecule has 0 saturated heterocycles. The van der Waals surface area contributed by atoms with Crippen LogP contribution in [0.4, 0.5) is 0 Å². The molecule has 0 fully saturated rings. The molecular weight excluding hydrogens is 302 g/mol. The van der Waals surface area contributed by atoms with E-state index >= 15 is 0 Å². The lowest BCUT2D eigenvalue weighted by Gasteiger charge is -2.25. The maximum atomic E-state index is 11.6. The van der Waals surface area contributed by atoms with E-state index in [1.54, 1.807) is 0 Å². The van der Waals surface area contributed by atoms with E-state index in [9.17, 15) is 8.42 Å². The molecular formula is C12H14BrNO2S. The van der Waals surface area contributed by atoms with Crippen LogP contribution in [0, 0.1) is 0 Å². The molecule has 0 unspecified atom stereocenters. The predicted molar refractivity (Wildman–Crippen MR) is 73.3 cm³/mol. The molecule has 1 aliphatic heterocycles. The fraction of sp³-hybridized carbons (Fsp3) is 0.333. The molecule has 0 spiro atoms. The van der Waals surface area contributed by atoms with Gasteiger partial charge in [-0.25, -0.2) is 8.42 Å². The zero-order valence-electron chi connectivity index (χ0n) is 9.34. The normalized spacial score (nSPS) is 17.8. The zero-order chi connectivity index (χ0) is 12.3. The first kappa shape index (κ1) is 12.8. The molecule has 0 bridgehead atoms. The Bertz CT molecular complexity index is 511. The van der Waals surface area contributed by atoms with Crippen LogP contribution in [0.5, 0.6) is 0 Å². The van der Waals surface area contributed by atoms with Crippen LogP contribution in [0.3, 0.4) is 0 Å². The molecule has 1 heterocycles. The molecule has 1 aromatic carbocycles. The molecule has 92 valence electrons. The van der Waals surface area contributed by atoms with Crippen molar-refractivity contribution in [1.29, 1.82) is 0 Å². The number of halogens is 1. The number of alkyl halides is 1. The second kappa shape index (κ2) is 5.33. The molecule has 0 N–H and O–H groups in total. The molecule has 17 heavy (non-hydrogen) atoms. The Kier molecular flexibility index (Phi) is 4.01. The van der Waals surface area contributed by atoms with Gasteiger partial charge in [0.2, 0.25) is 10.0 Å². The van der Waals surface area contributed by atoms with Gasteiger partial charge in [0.1, 0.15) is 4.66 Å². The van der Waals surface area contributed by atoms with Crippen LogP contribution >= 0.6 is 15.9 Å². The third kappa shape index (κ3) is 2.97. The quantitative estimate of drug-likeness (QED) is 0.803. The number of nitrogens with zero attached hydrogens (tertiary/aromatic N) is 1. The Morgan fingerprint density at radius 2 is 1.94 bits per heavy atom. The summed E-state index contributed by atoms with van der Waals surface area (Å²) in [5.74, 6) is 0. The van der Waals surface area contributed by atoms with Gasteiger partial charge < -0.3 is 0 Å². The summed E-state index contributed by atoms with van der Waals surface area (Å²) >= 11 is 3.02.